The first-order valence-corrected chi connectivity index (χ1v) is 10.3. The van der Waals surface area contributed by atoms with Gasteiger partial charge in [0.2, 0.25) is 5.91 Å². The van der Waals surface area contributed by atoms with Crippen LogP contribution in [0.2, 0.25) is 0 Å². The fraction of sp³-hybridized carbons (Fsp3) is 0.304. The van der Waals surface area contributed by atoms with E-state index in [0.29, 0.717) is 23.6 Å². The smallest absolute Gasteiger partial charge is 0.272 e. The number of carbonyl (C=O) groups is 2. The van der Waals surface area contributed by atoms with E-state index in [4.69, 9.17) is 10.5 Å². The van der Waals surface area contributed by atoms with E-state index < -0.39 is 5.91 Å². The standard InChI is InChI=1S/C23H26N4O3/c1-2-30-17-8-6-15-12-20(25-18(15)14-17)23(29)26-19-13-16(22(24)28)7-9-21(19)27-10-4-3-5-11-27/h6-9,12-14,25H,2-5,10-11H2,1H3,(H2,24,28)(H,26,29). The molecule has 156 valence electrons. The predicted molar refractivity (Wildman–Crippen MR) is 118 cm³/mol. The van der Waals surface area contributed by atoms with E-state index in [1.165, 1.54) is 6.42 Å². The average Bonchev–Trinajstić information content (AvgIpc) is 3.18. The molecule has 2 amide bonds. The molecule has 7 heteroatoms. The van der Waals surface area contributed by atoms with Crippen LogP contribution in [0.1, 0.15) is 47.0 Å². The van der Waals surface area contributed by atoms with Crippen LogP contribution in [0.5, 0.6) is 5.75 Å². The first-order chi connectivity index (χ1) is 14.5. The molecule has 1 saturated heterocycles. The Kier molecular flexibility index (Phi) is 5.61. The molecule has 1 aliphatic heterocycles. The second kappa shape index (κ2) is 8.49. The van der Waals surface area contributed by atoms with Crippen LogP contribution < -0.4 is 20.7 Å². The SMILES string of the molecule is CCOc1ccc2cc(C(=O)Nc3cc(C(N)=O)ccc3N3CCCCC3)[nH]c2c1. The van der Waals surface area contributed by atoms with Crippen molar-refractivity contribution in [2.45, 2.75) is 26.2 Å². The van der Waals surface area contributed by atoms with Gasteiger partial charge in [0, 0.05) is 35.6 Å². The molecule has 3 aromatic rings. The molecule has 0 spiro atoms. The quantitative estimate of drug-likeness (QED) is 0.578. The summed E-state index contributed by atoms with van der Waals surface area (Å²) in [5.41, 5.74) is 8.58. The normalized spacial score (nSPS) is 14.0. The van der Waals surface area contributed by atoms with E-state index >= 15 is 0 Å². The molecule has 4 N–H and O–H groups in total. The van der Waals surface area contributed by atoms with Crippen LogP contribution in [-0.4, -0.2) is 36.5 Å². The number of benzene rings is 2. The van der Waals surface area contributed by atoms with Gasteiger partial charge in [-0.3, -0.25) is 9.59 Å². The molecule has 0 atom stereocenters. The minimum atomic E-state index is -0.523. The molecule has 2 aromatic carbocycles. The van der Waals surface area contributed by atoms with Gasteiger partial charge in [-0.1, -0.05) is 0 Å². The number of H-pyrrole nitrogens is 1. The summed E-state index contributed by atoms with van der Waals surface area (Å²) in [6, 6.07) is 12.7. The first kappa shape index (κ1) is 19.8. The molecule has 0 bridgehead atoms. The zero-order chi connectivity index (χ0) is 21.1. The molecule has 1 aromatic heterocycles. The number of nitrogens with two attached hydrogens (primary N) is 1. The van der Waals surface area contributed by atoms with Gasteiger partial charge in [0.15, 0.2) is 0 Å². The van der Waals surface area contributed by atoms with Gasteiger partial charge < -0.3 is 25.7 Å². The number of hydrogen-bond acceptors (Lipinski definition) is 4. The number of primary amides is 1. The summed E-state index contributed by atoms with van der Waals surface area (Å²) < 4.78 is 5.53. The lowest BCUT2D eigenvalue weighted by molar-refractivity contribution is 0.0995. The van der Waals surface area contributed by atoms with E-state index in [2.05, 4.69) is 15.2 Å². The highest BCUT2D eigenvalue weighted by atomic mass is 16.5. The molecule has 0 aliphatic carbocycles. The number of anilines is 2. The van der Waals surface area contributed by atoms with Crippen LogP contribution in [0.4, 0.5) is 11.4 Å². The summed E-state index contributed by atoms with van der Waals surface area (Å²) in [7, 11) is 0. The average molecular weight is 406 g/mol. The van der Waals surface area contributed by atoms with Crippen molar-refractivity contribution in [1.82, 2.24) is 4.98 Å². The molecule has 30 heavy (non-hydrogen) atoms. The highest BCUT2D eigenvalue weighted by Crippen LogP contribution is 2.30. The largest absolute Gasteiger partial charge is 0.494 e. The summed E-state index contributed by atoms with van der Waals surface area (Å²) >= 11 is 0. The third-order valence-electron chi connectivity index (χ3n) is 5.38. The Balaban J connectivity index is 1.63. The number of rotatable bonds is 6. The molecule has 2 heterocycles. The summed E-state index contributed by atoms with van der Waals surface area (Å²) in [6.07, 6.45) is 3.42. The maximum absolute atomic E-state index is 13.0. The topological polar surface area (TPSA) is 100 Å². The fourth-order valence-electron chi connectivity index (χ4n) is 3.87. The van der Waals surface area contributed by atoms with Crippen LogP contribution >= 0.6 is 0 Å². The fourth-order valence-corrected chi connectivity index (χ4v) is 3.87. The number of carbonyl (C=O) groups excluding carboxylic acids is 2. The highest BCUT2D eigenvalue weighted by molar-refractivity contribution is 6.08. The van der Waals surface area contributed by atoms with Crippen LogP contribution in [0.15, 0.2) is 42.5 Å². The Morgan fingerprint density at radius 2 is 1.90 bits per heavy atom. The van der Waals surface area contributed by atoms with E-state index in [1.807, 2.05) is 31.2 Å². The van der Waals surface area contributed by atoms with E-state index in [0.717, 1.165) is 48.3 Å². The van der Waals surface area contributed by atoms with Gasteiger partial charge in [0.25, 0.3) is 5.91 Å². The highest BCUT2D eigenvalue weighted by Gasteiger charge is 2.19. The molecule has 0 saturated carbocycles. The van der Waals surface area contributed by atoms with Crippen molar-refractivity contribution < 1.29 is 14.3 Å². The molecule has 4 rings (SSSR count). The van der Waals surface area contributed by atoms with Crippen LogP contribution in [0.25, 0.3) is 10.9 Å². The Bertz CT molecular complexity index is 1080. The number of aromatic nitrogens is 1. The second-order valence-corrected chi connectivity index (χ2v) is 7.46. The van der Waals surface area contributed by atoms with Crippen molar-refractivity contribution in [1.29, 1.82) is 0 Å². The van der Waals surface area contributed by atoms with Gasteiger partial charge >= 0.3 is 0 Å². The number of aromatic amines is 1. The Morgan fingerprint density at radius 1 is 1.10 bits per heavy atom. The van der Waals surface area contributed by atoms with Gasteiger partial charge in [-0.05, 0) is 62.6 Å². The Morgan fingerprint density at radius 3 is 2.63 bits per heavy atom. The first-order valence-electron chi connectivity index (χ1n) is 10.3. The number of nitrogens with one attached hydrogen (secondary N) is 2. The lowest BCUT2D eigenvalue weighted by Crippen LogP contribution is -2.30. The Hall–Kier alpha value is -3.48. The zero-order valence-electron chi connectivity index (χ0n) is 17.0. The van der Waals surface area contributed by atoms with Crippen molar-refractivity contribution in [3.05, 3.63) is 53.7 Å². The summed E-state index contributed by atoms with van der Waals surface area (Å²) in [6.45, 7) is 4.35. The minimum absolute atomic E-state index is 0.274. The number of ether oxygens (including phenoxy) is 1. The molecular weight excluding hydrogens is 380 g/mol. The van der Waals surface area contributed by atoms with Crippen molar-refractivity contribution in [3.8, 4) is 5.75 Å². The molecule has 1 fully saturated rings. The zero-order valence-corrected chi connectivity index (χ0v) is 17.0. The van der Waals surface area contributed by atoms with Crippen LogP contribution in [-0.2, 0) is 0 Å². The lowest BCUT2D eigenvalue weighted by atomic mass is 10.1. The van der Waals surface area contributed by atoms with Crippen molar-refractivity contribution in [3.63, 3.8) is 0 Å². The number of fused-ring (bicyclic) bond motifs is 1. The summed E-state index contributed by atoms with van der Waals surface area (Å²) in [5, 5.41) is 3.89. The number of piperidine rings is 1. The maximum Gasteiger partial charge on any atom is 0.272 e. The van der Waals surface area contributed by atoms with Gasteiger partial charge in [-0.2, -0.15) is 0 Å². The predicted octanol–water partition coefficient (Wildman–Crippen LogP) is 3.91. The van der Waals surface area contributed by atoms with Crippen molar-refractivity contribution >= 4 is 34.1 Å². The molecule has 0 radical (unpaired) electrons. The number of hydrogen-bond donors (Lipinski definition) is 3. The van der Waals surface area contributed by atoms with Crippen LogP contribution in [0.3, 0.4) is 0 Å². The van der Waals surface area contributed by atoms with E-state index in [1.54, 1.807) is 18.2 Å². The Labute approximate surface area is 175 Å². The van der Waals surface area contributed by atoms with E-state index in [9.17, 15) is 9.59 Å². The molecule has 0 unspecified atom stereocenters. The number of nitrogens with zero attached hydrogens (tertiary/aromatic N) is 1. The van der Waals surface area contributed by atoms with Crippen molar-refractivity contribution in [2.75, 3.05) is 29.9 Å². The monoisotopic (exact) mass is 406 g/mol. The maximum atomic E-state index is 13.0. The van der Waals surface area contributed by atoms with Gasteiger partial charge in [-0.15, -0.1) is 0 Å². The lowest BCUT2D eigenvalue weighted by Gasteiger charge is -2.30. The molecular formula is C23H26N4O3. The summed E-state index contributed by atoms with van der Waals surface area (Å²) in [5.74, 6) is -0.0471. The van der Waals surface area contributed by atoms with Gasteiger partial charge in [0.1, 0.15) is 11.4 Å². The van der Waals surface area contributed by atoms with E-state index in [-0.39, 0.29) is 5.91 Å². The molecule has 1 aliphatic rings. The number of amides is 2. The minimum Gasteiger partial charge on any atom is -0.494 e. The van der Waals surface area contributed by atoms with Gasteiger partial charge in [0.05, 0.1) is 18.0 Å². The van der Waals surface area contributed by atoms with Crippen LogP contribution in [0, 0.1) is 0 Å². The van der Waals surface area contributed by atoms with Gasteiger partial charge in [-0.25, -0.2) is 0 Å². The summed E-state index contributed by atoms with van der Waals surface area (Å²) in [4.78, 5) is 30.1. The van der Waals surface area contributed by atoms with Crippen molar-refractivity contribution in [2.24, 2.45) is 5.73 Å². The third-order valence-corrected chi connectivity index (χ3v) is 5.38. The molecule has 7 nitrogen and oxygen atoms in total. The third kappa shape index (κ3) is 4.10. The second-order valence-electron chi connectivity index (χ2n) is 7.46.